The molecule has 0 saturated carbocycles. The molecule has 0 aliphatic carbocycles. The molecule has 1 unspecified atom stereocenters. The number of hydrogen-bond donors (Lipinski definition) is 2. The second-order valence-electron chi connectivity index (χ2n) is 4.67. The monoisotopic (exact) mass is 323 g/mol. The summed E-state index contributed by atoms with van der Waals surface area (Å²) in [5.41, 5.74) is 1.59. The van der Waals surface area contributed by atoms with Crippen LogP contribution in [0.4, 0.5) is 0 Å². The van der Waals surface area contributed by atoms with Gasteiger partial charge in [-0.1, -0.05) is 47.5 Å². The van der Waals surface area contributed by atoms with Gasteiger partial charge in [0.1, 0.15) is 0 Å². The summed E-state index contributed by atoms with van der Waals surface area (Å²) in [6.07, 6.45) is -0.499. The molecule has 0 spiro atoms. The van der Waals surface area contributed by atoms with Crippen LogP contribution in [0, 0.1) is 0 Å². The van der Waals surface area contributed by atoms with Crippen molar-refractivity contribution in [2.45, 2.75) is 12.5 Å². The van der Waals surface area contributed by atoms with Crippen molar-refractivity contribution < 1.29 is 9.90 Å². The van der Waals surface area contributed by atoms with Gasteiger partial charge in [-0.2, -0.15) is 0 Å². The molecule has 2 N–H and O–H groups in total. The molecule has 0 radical (unpaired) electrons. The van der Waals surface area contributed by atoms with E-state index in [1.807, 2.05) is 0 Å². The fourth-order valence-electron chi connectivity index (χ4n) is 1.86. The topological polar surface area (TPSA) is 49.3 Å². The predicted molar refractivity (Wildman–Crippen MR) is 84.6 cm³/mol. The Kier molecular flexibility index (Phi) is 5.62. The highest BCUT2D eigenvalue weighted by Gasteiger charge is 2.10. The third-order valence-electron chi connectivity index (χ3n) is 3.03. The average molecular weight is 324 g/mol. The normalized spacial score (nSPS) is 12.0. The van der Waals surface area contributed by atoms with E-state index in [4.69, 9.17) is 23.2 Å². The van der Waals surface area contributed by atoms with Crippen LogP contribution in [-0.2, 0) is 11.2 Å². The average Bonchev–Trinajstić information content (AvgIpc) is 2.48. The molecule has 0 saturated heterocycles. The second kappa shape index (κ2) is 7.46. The SMILES string of the molecule is O=C(Cc1ccc(Cl)cc1)NCC(O)c1ccc(Cl)cc1. The number of benzene rings is 2. The van der Waals surface area contributed by atoms with E-state index in [0.29, 0.717) is 15.6 Å². The number of hydrogen-bond acceptors (Lipinski definition) is 2. The summed E-state index contributed by atoms with van der Waals surface area (Å²) in [6.45, 7) is 0.161. The summed E-state index contributed by atoms with van der Waals surface area (Å²) >= 11 is 11.6. The lowest BCUT2D eigenvalue weighted by Crippen LogP contribution is -2.29. The van der Waals surface area contributed by atoms with Crippen LogP contribution in [-0.4, -0.2) is 17.6 Å². The number of aliphatic hydroxyl groups excluding tert-OH is 1. The number of halogens is 2. The summed E-state index contributed by atoms with van der Waals surface area (Å²) in [5.74, 6) is -0.148. The van der Waals surface area contributed by atoms with Gasteiger partial charge in [0, 0.05) is 16.6 Å². The predicted octanol–water partition coefficient (Wildman–Crippen LogP) is 3.39. The zero-order valence-corrected chi connectivity index (χ0v) is 12.7. The maximum Gasteiger partial charge on any atom is 0.224 e. The summed E-state index contributed by atoms with van der Waals surface area (Å²) in [6, 6.07) is 14.0. The lowest BCUT2D eigenvalue weighted by atomic mass is 10.1. The molecule has 0 bridgehead atoms. The van der Waals surface area contributed by atoms with Gasteiger partial charge >= 0.3 is 0 Å². The van der Waals surface area contributed by atoms with Gasteiger partial charge in [0.25, 0.3) is 0 Å². The molecule has 0 aliphatic heterocycles. The first-order valence-electron chi connectivity index (χ1n) is 6.49. The Morgan fingerprint density at radius 1 is 1.00 bits per heavy atom. The molecule has 21 heavy (non-hydrogen) atoms. The third kappa shape index (κ3) is 5.05. The zero-order valence-electron chi connectivity index (χ0n) is 11.2. The van der Waals surface area contributed by atoms with Crippen molar-refractivity contribution in [3.05, 3.63) is 69.7 Å². The second-order valence-corrected chi connectivity index (χ2v) is 5.55. The van der Waals surface area contributed by atoms with Crippen LogP contribution in [0.15, 0.2) is 48.5 Å². The van der Waals surface area contributed by atoms with Crippen LogP contribution >= 0.6 is 23.2 Å². The molecule has 2 aromatic carbocycles. The van der Waals surface area contributed by atoms with Gasteiger partial charge in [-0.05, 0) is 35.4 Å². The number of rotatable bonds is 5. The van der Waals surface area contributed by atoms with Gasteiger partial charge in [-0.25, -0.2) is 0 Å². The summed E-state index contributed by atoms with van der Waals surface area (Å²) < 4.78 is 0. The molecule has 0 heterocycles. The van der Waals surface area contributed by atoms with Gasteiger partial charge in [0.15, 0.2) is 0 Å². The summed E-state index contributed by atoms with van der Waals surface area (Å²) in [4.78, 5) is 11.8. The van der Waals surface area contributed by atoms with Gasteiger partial charge in [0.05, 0.1) is 12.5 Å². The smallest absolute Gasteiger partial charge is 0.224 e. The van der Waals surface area contributed by atoms with Crippen LogP contribution in [0.5, 0.6) is 0 Å². The Labute approximate surface area is 133 Å². The zero-order chi connectivity index (χ0) is 15.2. The molecule has 1 amide bonds. The molecule has 0 aromatic heterocycles. The largest absolute Gasteiger partial charge is 0.387 e. The minimum Gasteiger partial charge on any atom is -0.387 e. The number of nitrogens with one attached hydrogen (secondary N) is 1. The number of amides is 1. The first-order valence-corrected chi connectivity index (χ1v) is 7.25. The van der Waals surface area contributed by atoms with E-state index in [1.54, 1.807) is 48.5 Å². The highest BCUT2D eigenvalue weighted by atomic mass is 35.5. The summed E-state index contributed by atoms with van der Waals surface area (Å²) in [5, 5.41) is 13.9. The molecular weight excluding hydrogens is 309 g/mol. The molecule has 110 valence electrons. The summed E-state index contributed by atoms with van der Waals surface area (Å²) in [7, 11) is 0. The van der Waals surface area contributed by atoms with E-state index < -0.39 is 6.10 Å². The van der Waals surface area contributed by atoms with E-state index in [-0.39, 0.29) is 18.9 Å². The minimum atomic E-state index is -0.753. The van der Waals surface area contributed by atoms with E-state index in [0.717, 1.165) is 5.56 Å². The van der Waals surface area contributed by atoms with E-state index in [1.165, 1.54) is 0 Å². The number of aliphatic hydroxyl groups is 1. The van der Waals surface area contributed by atoms with Crippen LogP contribution in [0.2, 0.25) is 10.0 Å². The van der Waals surface area contributed by atoms with Crippen LogP contribution in [0.3, 0.4) is 0 Å². The Morgan fingerprint density at radius 3 is 2.10 bits per heavy atom. The van der Waals surface area contributed by atoms with Crippen molar-refractivity contribution in [1.82, 2.24) is 5.32 Å². The molecule has 2 rings (SSSR count). The Hall–Kier alpha value is -1.55. The lowest BCUT2D eigenvalue weighted by molar-refractivity contribution is -0.120. The quantitative estimate of drug-likeness (QED) is 0.886. The third-order valence-corrected chi connectivity index (χ3v) is 3.53. The van der Waals surface area contributed by atoms with Crippen molar-refractivity contribution in [3.63, 3.8) is 0 Å². The molecule has 0 aliphatic rings. The first kappa shape index (κ1) is 15.8. The van der Waals surface area contributed by atoms with Gasteiger partial charge < -0.3 is 10.4 Å². The Balaban J connectivity index is 1.83. The van der Waals surface area contributed by atoms with Gasteiger partial charge in [-0.15, -0.1) is 0 Å². The molecule has 2 aromatic rings. The minimum absolute atomic E-state index is 0.148. The van der Waals surface area contributed by atoms with Crippen LogP contribution < -0.4 is 5.32 Å². The van der Waals surface area contributed by atoms with Crippen molar-refractivity contribution in [3.8, 4) is 0 Å². The standard InChI is InChI=1S/C16H15Cl2NO2/c17-13-5-1-11(2-6-13)9-16(21)19-10-15(20)12-3-7-14(18)8-4-12/h1-8,15,20H,9-10H2,(H,19,21). The molecule has 0 fully saturated rings. The fraction of sp³-hybridized carbons (Fsp3) is 0.188. The Morgan fingerprint density at radius 2 is 1.52 bits per heavy atom. The Bertz CT molecular complexity index is 597. The highest BCUT2D eigenvalue weighted by molar-refractivity contribution is 6.30. The van der Waals surface area contributed by atoms with Crippen molar-refractivity contribution >= 4 is 29.1 Å². The van der Waals surface area contributed by atoms with Crippen molar-refractivity contribution in [1.29, 1.82) is 0 Å². The van der Waals surface area contributed by atoms with Crippen LogP contribution in [0.25, 0.3) is 0 Å². The maximum absolute atomic E-state index is 11.8. The molecular formula is C16H15Cl2NO2. The number of carbonyl (C=O) groups excluding carboxylic acids is 1. The van der Waals surface area contributed by atoms with E-state index >= 15 is 0 Å². The maximum atomic E-state index is 11.8. The highest BCUT2D eigenvalue weighted by Crippen LogP contribution is 2.16. The molecule has 1 atom stereocenters. The van der Waals surface area contributed by atoms with Crippen molar-refractivity contribution in [2.24, 2.45) is 0 Å². The fourth-order valence-corrected chi connectivity index (χ4v) is 2.12. The lowest BCUT2D eigenvalue weighted by Gasteiger charge is -2.12. The molecule has 3 nitrogen and oxygen atoms in total. The van der Waals surface area contributed by atoms with Gasteiger partial charge in [0.2, 0.25) is 5.91 Å². The van der Waals surface area contributed by atoms with Crippen LogP contribution in [0.1, 0.15) is 17.2 Å². The first-order chi connectivity index (χ1) is 10.0. The van der Waals surface area contributed by atoms with E-state index in [9.17, 15) is 9.90 Å². The van der Waals surface area contributed by atoms with Crippen molar-refractivity contribution in [2.75, 3.05) is 6.54 Å². The van der Waals surface area contributed by atoms with Gasteiger partial charge in [-0.3, -0.25) is 4.79 Å². The number of carbonyl (C=O) groups is 1. The molecule has 5 heteroatoms. The van der Waals surface area contributed by atoms with E-state index in [2.05, 4.69) is 5.32 Å².